The molecule has 1 amide bonds. The first kappa shape index (κ1) is 20.9. The summed E-state index contributed by atoms with van der Waals surface area (Å²) >= 11 is 0. The normalized spacial score (nSPS) is 18.4. The molecule has 1 aliphatic carbocycles. The number of unbranched alkanes of at least 4 members (excludes halogenated alkanes) is 1. The van der Waals surface area contributed by atoms with Crippen molar-refractivity contribution in [3.63, 3.8) is 0 Å². The minimum atomic E-state index is -3.21. The number of tetrazole rings is 1. The lowest BCUT2D eigenvalue weighted by Crippen LogP contribution is -2.42. The van der Waals surface area contributed by atoms with Gasteiger partial charge in [0.15, 0.2) is 5.82 Å². The van der Waals surface area contributed by atoms with Crippen LogP contribution in [0.1, 0.15) is 51.5 Å². The Morgan fingerprint density at radius 2 is 1.97 bits per heavy atom. The van der Waals surface area contributed by atoms with Crippen molar-refractivity contribution in [3.8, 4) is 11.4 Å². The molecule has 2 aliphatic rings. The maximum Gasteiger partial charge on any atom is 0.227 e. The Morgan fingerprint density at radius 1 is 1.20 bits per heavy atom. The molecule has 30 heavy (non-hydrogen) atoms. The van der Waals surface area contributed by atoms with Gasteiger partial charge in [0.2, 0.25) is 15.9 Å². The molecule has 0 unspecified atom stereocenters. The third kappa shape index (κ3) is 4.70. The Kier molecular flexibility index (Phi) is 6.14. The number of nitrogens with one attached hydrogen (secondary N) is 1. The van der Waals surface area contributed by atoms with E-state index in [-0.39, 0.29) is 17.6 Å². The van der Waals surface area contributed by atoms with Crippen molar-refractivity contribution in [2.75, 3.05) is 24.2 Å². The lowest BCUT2D eigenvalue weighted by atomic mass is 9.97. The second kappa shape index (κ2) is 8.81. The summed E-state index contributed by atoms with van der Waals surface area (Å²) in [7, 11) is -3.21. The summed E-state index contributed by atoms with van der Waals surface area (Å²) in [4.78, 5) is 12.8. The lowest BCUT2D eigenvalue weighted by Gasteiger charge is -2.30. The summed E-state index contributed by atoms with van der Waals surface area (Å²) < 4.78 is 28.1. The number of carbonyl (C=O) groups excluding carboxylic acids is 1. The van der Waals surface area contributed by atoms with E-state index in [1.54, 1.807) is 0 Å². The Hall–Kier alpha value is -2.33. The van der Waals surface area contributed by atoms with Crippen molar-refractivity contribution in [2.24, 2.45) is 5.92 Å². The van der Waals surface area contributed by atoms with Crippen LogP contribution >= 0.6 is 0 Å². The fraction of sp³-hybridized carbons (Fsp3) is 0.600. The van der Waals surface area contributed by atoms with Gasteiger partial charge in [-0.05, 0) is 54.7 Å². The van der Waals surface area contributed by atoms with E-state index in [1.807, 2.05) is 35.9 Å². The molecule has 0 spiro atoms. The van der Waals surface area contributed by atoms with E-state index in [1.165, 1.54) is 4.31 Å². The molecule has 0 atom stereocenters. The summed E-state index contributed by atoms with van der Waals surface area (Å²) in [6.45, 7) is 2.79. The Morgan fingerprint density at radius 3 is 2.67 bits per heavy atom. The summed E-state index contributed by atoms with van der Waals surface area (Å²) in [6.07, 6.45) is 4.77. The van der Waals surface area contributed by atoms with E-state index < -0.39 is 10.0 Å². The number of carbonyl (C=O) groups is 1. The van der Waals surface area contributed by atoms with E-state index in [4.69, 9.17) is 0 Å². The minimum Gasteiger partial charge on any atom is -0.326 e. The number of piperidine rings is 1. The maximum atomic E-state index is 12.8. The Balaban J connectivity index is 1.36. The fourth-order valence-corrected chi connectivity index (χ4v) is 5.46. The topological polar surface area (TPSA) is 110 Å². The number of hydrogen-bond acceptors (Lipinski definition) is 6. The van der Waals surface area contributed by atoms with E-state index >= 15 is 0 Å². The third-order valence-corrected chi connectivity index (χ3v) is 7.70. The SMILES string of the molecule is CCCCS(=O)(=O)N1CCC(C(=O)Nc2cccc(-c3nnnn3C3CC3)c2)CC1. The number of hydrogen-bond donors (Lipinski definition) is 1. The molecule has 4 rings (SSSR count). The molecule has 10 heteroatoms. The predicted octanol–water partition coefficient (Wildman–Crippen LogP) is 2.46. The summed E-state index contributed by atoms with van der Waals surface area (Å²) in [5, 5.41) is 15.0. The molecule has 1 saturated heterocycles. The van der Waals surface area contributed by atoms with Crippen LogP contribution in [0.5, 0.6) is 0 Å². The molecule has 2 heterocycles. The summed E-state index contributed by atoms with van der Waals surface area (Å²) in [6, 6.07) is 7.90. The van der Waals surface area contributed by atoms with Gasteiger partial charge in [0.25, 0.3) is 0 Å². The van der Waals surface area contributed by atoms with Crippen molar-refractivity contribution >= 4 is 21.6 Å². The lowest BCUT2D eigenvalue weighted by molar-refractivity contribution is -0.120. The third-order valence-electron chi connectivity index (χ3n) is 5.75. The smallest absolute Gasteiger partial charge is 0.227 e. The average Bonchev–Trinajstić information content (AvgIpc) is 3.48. The standard InChI is InChI=1S/C20H28N6O3S/c1-2-3-13-30(28,29)25-11-9-15(10-12-25)20(27)21-17-6-4-5-16(14-17)19-22-23-24-26(19)18-7-8-18/h4-6,14-15,18H,2-3,7-13H2,1H3,(H,21,27). The zero-order valence-electron chi connectivity index (χ0n) is 17.2. The minimum absolute atomic E-state index is 0.0699. The van der Waals surface area contributed by atoms with E-state index in [0.717, 1.165) is 24.8 Å². The van der Waals surface area contributed by atoms with E-state index in [2.05, 4.69) is 20.8 Å². The molecule has 2 fully saturated rings. The van der Waals surface area contributed by atoms with Gasteiger partial charge in [-0.2, -0.15) is 0 Å². The molecule has 162 valence electrons. The molecule has 0 radical (unpaired) electrons. The van der Waals surface area contributed by atoms with Gasteiger partial charge in [0, 0.05) is 30.3 Å². The van der Waals surface area contributed by atoms with Crippen LogP contribution in [0.3, 0.4) is 0 Å². The predicted molar refractivity (Wildman–Crippen MR) is 113 cm³/mol. The Labute approximate surface area is 176 Å². The molecule has 0 bridgehead atoms. The number of aromatic nitrogens is 4. The van der Waals surface area contributed by atoms with E-state index in [0.29, 0.717) is 49.9 Å². The molecule has 9 nitrogen and oxygen atoms in total. The summed E-state index contributed by atoms with van der Waals surface area (Å²) in [5.74, 6) is 0.634. The van der Waals surface area contributed by atoms with Crippen LogP contribution in [0.4, 0.5) is 5.69 Å². The van der Waals surface area contributed by atoms with Crippen LogP contribution in [0.2, 0.25) is 0 Å². The molecule has 1 aliphatic heterocycles. The van der Waals surface area contributed by atoms with Crippen molar-refractivity contribution < 1.29 is 13.2 Å². The zero-order chi connectivity index (χ0) is 21.1. The molecule has 1 N–H and O–H groups in total. The van der Waals surface area contributed by atoms with Crippen LogP contribution < -0.4 is 5.32 Å². The quantitative estimate of drug-likeness (QED) is 0.686. The number of rotatable bonds is 8. The number of amides is 1. The van der Waals surface area contributed by atoms with Crippen molar-refractivity contribution in [1.29, 1.82) is 0 Å². The number of nitrogens with zero attached hydrogens (tertiary/aromatic N) is 5. The number of benzene rings is 1. The van der Waals surface area contributed by atoms with Crippen molar-refractivity contribution in [3.05, 3.63) is 24.3 Å². The number of anilines is 1. The average molecular weight is 433 g/mol. The van der Waals surface area contributed by atoms with Crippen molar-refractivity contribution in [1.82, 2.24) is 24.5 Å². The molecule has 2 aromatic rings. The first-order valence-electron chi connectivity index (χ1n) is 10.6. The van der Waals surface area contributed by atoms with Gasteiger partial charge in [-0.1, -0.05) is 25.5 Å². The highest BCUT2D eigenvalue weighted by Crippen LogP contribution is 2.36. The molecular weight excluding hydrogens is 404 g/mol. The first-order chi connectivity index (χ1) is 14.5. The van der Waals surface area contributed by atoms with Gasteiger partial charge < -0.3 is 5.32 Å². The number of sulfonamides is 1. The molecule has 1 aromatic carbocycles. The Bertz CT molecular complexity index is 993. The second-order valence-corrected chi connectivity index (χ2v) is 10.2. The highest BCUT2D eigenvalue weighted by molar-refractivity contribution is 7.89. The van der Waals surface area contributed by atoms with E-state index in [9.17, 15) is 13.2 Å². The van der Waals surface area contributed by atoms with Crippen LogP contribution in [0, 0.1) is 5.92 Å². The first-order valence-corrected chi connectivity index (χ1v) is 12.3. The largest absolute Gasteiger partial charge is 0.326 e. The van der Waals surface area contributed by atoms with Crippen LogP contribution in [0.25, 0.3) is 11.4 Å². The molecule has 1 saturated carbocycles. The zero-order valence-corrected chi connectivity index (χ0v) is 18.0. The van der Waals surface area contributed by atoms with Gasteiger partial charge in [-0.3, -0.25) is 4.79 Å². The van der Waals surface area contributed by atoms with Crippen LogP contribution in [0.15, 0.2) is 24.3 Å². The molecule has 1 aromatic heterocycles. The summed E-state index contributed by atoms with van der Waals surface area (Å²) in [5.41, 5.74) is 1.56. The van der Waals surface area contributed by atoms with Crippen LogP contribution in [-0.4, -0.2) is 57.7 Å². The maximum absolute atomic E-state index is 12.8. The highest BCUT2D eigenvalue weighted by atomic mass is 32.2. The fourth-order valence-electron chi connectivity index (χ4n) is 3.78. The molecular formula is C20H28N6O3S. The van der Waals surface area contributed by atoms with Gasteiger partial charge >= 0.3 is 0 Å². The van der Waals surface area contributed by atoms with Gasteiger partial charge in [0.1, 0.15) is 0 Å². The van der Waals surface area contributed by atoms with Crippen LogP contribution in [-0.2, 0) is 14.8 Å². The monoisotopic (exact) mass is 432 g/mol. The van der Waals surface area contributed by atoms with Gasteiger partial charge in [-0.25, -0.2) is 17.4 Å². The second-order valence-electron chi connectivity index (χ2n) is 8.09. The van der Waals surface area contributed by atoms with Crippen molar-refractivity contribution in [2.45, 2.75) is 51.5 Å². The van der Waals surface area contributed by atoms with Gasteiger partial charge in [-0.15, -0.1) is 5.10 Å². The highest BCUT2D eigenvalue weighted by Gasteiger charge is 2.31. The van der Waals surface area contributed by atoms with Gasteiger partial charge in [0.05, 0.1) is 11.8 Å².